The SMILES string of the molecule is CC1(C)c2ccccc2-c2ccc3c(c21)c1ncncc1n3-c1cccc2c(-n3c4cncnc4c4c5c(ccc43)-c3ccccc3C5(C)C)cccc12. The smallest absolute Gasteiger partial charge is 0.116 e. The maximum absolute atomic E-state index is 4.97. The Morgan fingerprint density at radius 2 is 0.870 bits per heavy atom. The molecular formula is C48H34N6. The average molecular weight is 695 g/mol. The Hall–Kier alpha value is -6.66. The average Bonchev–Trinajstić information content (AvgIpc) is 3.86. The molecule has 0 saturated heterocycles. The first kappa shape index (κ1) is 29.9. The summed E-state index contributed by atoms with van der Waals surface area (Å²) in [5, 5.41) is 4.66. The van der Waals surface area contributed by atoms with Gasteiger partial charge in [-0.2, -0.15) is 0 Å². The lowest BCUT2D eigenvalue weighted by atomic mass is 9.81. The molecule has 0 bridgehead atoms. The van der Waals surface area contributed by atoms with Crippen LogP contribution >= 0.6 is 0 Å². The molecule has 12 rings (SSSR count). The van der Waals surface area contributed by atoms with Crippen molar-refractivity contribution in [2.24, 2.45) is 0 Å². The summed E-state index contributed by atoms with van der Waals surface area (Å²) in [4.78, 5) is 19.1. The third-order valence-electron chi connectivity index (χ3n) is 12.6. The zero-order chi connectivity index (χ0) is 36.1. The molecule has 256 valence electrons. The van der Waals surface area contributed by atoms with E-state index in [1.165, 1.54) is 55.3 Å². The van der Waals surface area contributed by atoms with E-state index >= 15 is 0 Å². The van der Waals surface area contributed by atoms with E-state index in [9.17, 15) is 0 Å². The molecule has 0 radical (unpaired) electrons. The fraction of sp³-hybridized carbons (Fsp3) is 0.125. The van der Waals surface area contributed by atoms with Crippen molar-refractivity contribution >= 4 is 54.6 Å². The Kier molecular flexibility index (Phi) is 5.56. The summed E-state index contributed by atoms with van der Waals surface area (Å²) in [5.41, 5.74) is 18.5. The summed E-state index contributed by atoms with van der Waals surface area (Å²) in [6, 6.07) is 40.1. The molecule has 6 aromatic carbocycles. The van der Waals surface area contributed by atoms with E-state index in [-0.39, 0.29) is 10.8 Å². The Morgan fingerprint density at radius 1 is 0.426 bits per heavy atom. The molecule has 0 aliphatic heterocycles. The summed E-state index contributed by atoms with van der Waals surface area (Å²) in [5.74, 6) is 0. The van der Waals surface area contributed by atoms with Crippen LogP contribution < -0.4 is 0 Å². The first-order valence-electron chi connectivity index (χ1n) is 18.6. The summed E-state index contributed by atoms with van der Waals surface area (Å²) in [6.07, 6.45) is 7.31. The molecule has 10 aromatic rings. The van der Waals surface area contributed by atoms with Gasteiger partial charge in [0.25, 0.3) is 0 Å². The predicted molar refractivity (Wildman–Crippen MR) is 219 cm³/mol. The van der Waals surface area contributed by atoms with Crippen LogP contribution in [0.1, 0.15) is 49.9 Å². The van der Waals surface area contributed by atoms with E-state index in [4.69, 9.17) is 9.97 Å². The number of benzene rings is 6. The van der Waals surface area contributed by atoms with E-state index in [1.54, 1.807) is 12.7 Å². The van der Waals surface area contributed by atoms with Gasteiger partial charge in [-0.05, 0) is 68.8 Å². The van der Waals surface area contributed by atoms with Gasteiger partial charge < -0.3 is 9.13 Å². The second-order valence-electron chi connectivity index (χ2n) is 15.9. The van der Waals surface area contributed by atoms with Crippen LogP contribution in [0.15, 0.2) is 134 Å². The van der Waals surface area contributed by atoms with Crippen molar-refractivity contribution in [3.63, 3.8) is 0 Å². The van der Waals surface area contributed by atoms with E-state index in [0.717, 1.165) is 55.2 Å². The summed E-state index contributed by atoms with van der Waals surface area (Å²) < 4.78 is 4.75. The molecule has 0 spiro atoms. The van der Waals surface area contributed by atoms with Crippen molar-refractivity contribution in [1.29, 1.82) is 0 Å². The highest BCUT2D eigenvalue weighted by Crippen LogP contribution is 2.55. The monoisotopic (exact) mass is 694 g/mol. The Morgan fingerprint density at radius 3 is 1.33 bits per heavy atom. The molecule has 0 amide bonds. The maximum Gasteiger partial charge on any atom is 0.116 e. The van der Waals surface area contributed by atoms with Crippen LogP contribution in [0.2, 0.25) is 0 Å². The molecular weight excluding hydrogens is 661 g/mol. The lowest BCUT2D eigenvalue weighted by molar-refractivity contribution is 0.666. The van der Waals surface area contributed by atoms with Gasteiger partial charge in [0.1, 0.15) is 23.7 Å². The predicted octanol–water partition coefficient (Wildman–Crippen LogP) is 11.2. The molecule has 6 heteroatoms. The number of rotatable bonds is 2. The molecule has 54 heavy (non-hydrogen) atoms. The van der Waals surface area contributed by atoms with E-state index in [0.29, 0.717) is 0 Å². The van der Waals surface area contributed by atoms with Crippen LogP contribution in [0, 0.1) is 0 Å². The molecule has 0 saturated carbocycles. The van der Waals surface area contributed by atoms with E-state index in [1.807, 2.05) is 12.4 Å². The van der Waals surface area contributed by atoms with Crippen molar-refractivity contribution in [2.75, 3.05) is 0 Å². The lowest BCUT2D eigenvalue weighted by Crippen LogP contribution is -2.15. The molecule has 0 unspecified atom stereocenters. The molecule has 0 fully saturated rings. The van der Waals surface area contributed by atoms with Crippen molar-refractivity contribution in [1.82, 2.24) is 29.1 Å². The van der Waals surface area contributed by atoms with Crippen molar-refractivity contribution in [3.8, 4) is 33.6 Å². The van der Waals surface area contributed by atoms with Gasteiger partial charge in [0.05, 0.1) is 45.8 Å². The molecule has 4 aromatic heterocycles. The highest BCUT2D eigenvalue weighted by molar-refractivity contribution is 6.15. The van der Waals surface area contributed by atoms with Crippen molar-refractivity contribution in [3.05, 3.63) is 156 Å². The summed E-state index contributed by atoms with van der Waals surface area (Å²) in [7, 11) is 0. The highest BCUT2D eigenvalue weighted by Gasteiger charge is 2.40. The van der Waals surface area contributed by atoms with Crippen LogP contribution in [-0.2, 0) is 10.8 Å². The third-order valence-corrected chi connectivity index (χ3v) is 12.6. The summed E-state index contributed by atoms with van der Waals surface area (Å²) >= 11 is 0. The van der Waals surface area contributed by atoms with Gasteiger partial charge in [0.15, 0.2) is 0 Å². The van der Waals surface area contributed by atoms with E-state index < -0.39 is 0 Å². The van der Waals surface area contributed by atoms with Gasteiger partial charge in [0.2, 0.25) is 0 Å². The van der Waals surface area contributed by atoms with Crippen LogP contribution in [0.3, 0.4) is 0 Å². The van der Waals surface area contributed by atoms with Crippen molar-refractivity contribution in [2.45, 2.75) is 38.5 Å². The number of fused-ring (bicyclic) bond motifs is 15. The largest absolute Gasteiger partial charge is 0.306 e. The minimum absolute atomic E-state index is 0.184. The Labute approximate surface area is 311 Å². The first-order valence-corrected chi connectivity index (χ1v) is 18.6. The molecule has 6 nitrogen and oxygen atoms in total. The van der Waals surface area contributed by atoms with Crippen LogP contribution in [0.4, 0.5) is 0 Å². The lowest BCUT2D eigenvalue weighted by Gasteiger charge is -2.22. The zero-order valence-corrected chi connectivity index (χ0v) is 30.4. The normalized spacial score (nSPS) is 15.0. The molecule has 2 aliphatic rings. The second-order valence-corrected chi connectivity index (χ2v) is 15.9. The maximum atomic E-state index is 4.97. The molecule has 4 heterocycles. The standard InChI is InChI=1S/C48H34N6/c1-47(2)33-15-7-5-11-27(33)31-19-21-37-41(43(31)47)45-39(23-49-25-51-45)53(37)35-17-9-14-30-29(35)13-10-18-36(30)54-38-22-20-32-28-12-6-8-16-34(28)48(3,4)44(32)42(38)46-40(54)24-50-26-52-46/h5-26H,1-4H3. The number of aromatic nitrogens is 6. The van der Waals surface area contributed by atoms with Gasteiger partial charge in [0, 0.05) is 32.4 Å². The minimum atomic E-state index is -0.184. The first-order chi connectivity index (χ1) is 26.4. The van der Waals surface area contributed by atoms with Gasteiger partial charge >= 0.3 is 0 Å². The highest BCUT2D eigenvalue weighted by atomic mass is 15.0. The van der Waals surface area contributed by atoms with Gasteiger partial charge in [-0.25, -0.2) is 19.9 Å². The van der Waals surface area contributed by atoms with Gasteiger partial charge in [-0.3, -0.25) is 0 Å². The number of hydrogen-bond donors (Lipinski definition) is 0. The Balaban J connectivity index is 1.15. The fourth-order valence-electron chi connectivity index (χ4n) is 10.4. The quantitative estimate of drug-likeness (QED) is 0.181. The molecule has 0 atom stereocenters. The number of nitrogens with zero attached hydrogens (tertiary/aromatic N) is 6. The Bertz CT molecular complexity index is 3070. The van der Waals surface area contributed by atoms with Crippen LogP contribution in [0.5, 0.6) is 0 Å². The van der Waals surface area contributed by atoms with Gasteiger partial charge in [-0.1, -0.05) is 113 Å². The third kappa shape index (κ3) is 3.51. The second kappa shape index (κ2) is 10.1. The van der Waals surface area contributed by atoms with Crippen LogP contribution in [0.25, 0.3) is 88.3 Å². The minimum Gasteiger partial charge on any atom is -0.306 e. The number of hydrogen-bond acceptors (Lipinski definition) is 4. The zero-order valence-electron chi connectivity index (χ0n) is 30.4. The van der Waals surface area contributed by atoms with Gasteiger partial charge in [-0.15, -0.1) is 0 Å². The topological polar surface area (TPSA) is 61.4 Å². The van der Waals surface area contributed by atoms with E-state index in [2.05, 4.69) is 156 Å². The molecule has 0 N–H and O–H groups in total. The summed E-state index contributed by atoms with van der Waals surface area (Å²) in [6.45, 7) is 9.37. The molecule has 2 aliphatic carbocycles. The fourth-order valence-corrected chi connectivity index (χ4v) is 10.4. The van der Waals surface area contributed by atoms with Crippen LogP contribution in [-0.4, -0.2) is 29.1 Å². The van der Waals surface area contributed by atoms with Crippen molar-refractivity contribution < 1.29 is 0 Å².